The van der Waals surface area contributed by atoms with Crippen LogP contribution in [-0.2, 0) is 0 Å². The van der Waals surface area contributed by atoms with E-state index < -0.39 is 0 Å². The summed E-state index contributed by atoms with van der Waals surface area (Å²) in [7, 11) is 0. The SMILES string of the molecule is CCC/C=N/n1cnnc1. The van der Waals surface area contributed by atoms with E-state index in [4.69, 9.17) is 0 Å². The molecule has 54 valence electrons. The average Bonchev–Trinajstić information content (AvgIpc) is 2.41. The number of hydrogen-bond acceptors (Lipinski definition) is 3. The van der Waals surface area contributed by atoms with E-state index in [-0.39, 0.29) is 0 Å². The third-order valence-corrected chi connectivity index (χ3v) is 1.04. The van der Waals surface area contributed by atoms with Gasteiger partial charge >= 0.3 is 0 Å². The zero-order valence-electron chi connectivity index (χ0n) is 5.94. The zero-order chi connectivity index (χ0) is 7.23. The predicted molar refractivity (Wildman–Crippen MR) is 38.8 cm³/mol. The van der Waals surface area contributed by atoms with Crippen LogP contribution in [0.2, 0.25) is 0 Å². The molecule has 0 radical (unpaired) electrons. The molecular formula is C6H10N4. The maximum Gasteiger partial charge on any atom is 0.141 e. The predicted octanol–water partition coefficient (Wildman–Crippen LogP) is 0.912. The number of rotatable bonds is 3. The molecule has 0 spiro atoms. The van der Waals surface area contributed by atoms with E-state index in [9.17, 15) is 0 Å². The highest BCUT2D eigenvalue weighted by molar-refractivity contribution is 5.56. The Morgan fingerprint density at radius 3 is 2.80 bits per heavy atom. The lowest BCUT2D eigenvalue weighted by Crippen LogP contribution is -1.83. The summed E-state index contributed by atoms with van der Waals surface area (Å²) in [4.78, 5) is 0. The average molecular weight is 138 g/mol. The van der Waals surface area contributed by atoms with Gasteiger partial charge in [-0.25, -0.2) is 4.68 Å². The van der Waals surface area contributed by atoms with Crippen molar-refractivity contribution in [3.05, 3.63) is 12.7 Å². The van der Waals surface area contributed by atoms with Crippen molar-refractivity contribution in [1.82, 2.24) is 14.9 Å². The van der Waals surface area contributed by atoms with Crippen molar-refractivity contribution in [2.45, 2.75) is 19.8 Å². The molecule has 1 aromatic rings. The lowest BCUT2D eigenvalue weighted by molar-refractivity contribution is 0.864. The maximum absolute atomic E-state index is 4.02. The summed E-state index contributed by atoms with van der Waals surface area (Å²) >= 11 is 0. The summed E-state index contributed by atoms with van der Waals surface area (Å²) in [5.41, 5.74) is 0. The van der Waals surface area contributed by atoms with Crippen molar-refractivity contribution in [2.75, 3.05) is 0 Å². The number of unbranched alkanes of at least 4 members (excludes halogenated alkanes) is 1. The van der Waals surface area contributed by atoms with Gasteiger partial charge in [-0.15, -0.1) is 10.2 Å². The minimum Gasteiger partial charge on any atom is -0.208 e. The summed E-state index contributed by atoms with van der Waals surface area (Å²) in [5.74, 6) is 0. The van der Waals surface area contributed by atoms with Crippen molar-refractivity contribution < 1.29 is 0 Å². The molecule has 0 aromatic carbocycles. The molecule has 0 amide bonds. The first kappa shape index (κ1) is 6.92. The Kier molecular flexibility index (Phi) is 2.61. The van der Waals surface area contributed by atoms with Crippen LogP contribution < -0.4 is 0 Å². The Hall–Kier alpha value is -1.19. The molecule has 4 nitrogen and oxygen atoms in total. The van der Waals surface area contributed by atoms with Crippen molar-refractivity contribution in [2.24, 2.45) is 5.10 Å². The molecule has 1 rings (SSSR count). The van der Waals surface area contributed by atoms with Crippen LogP contribution in [0, 0.1) is 0 Å². The Labute approximate surface area is 59.6 Å². The van der Waals surface area contributed by atoms with Crippen LogP contribution in [0.25, 0.3) is 0 Å². The molecule has 0 aliphatic carbocycles. The van der Waals surface area contributed by atoms with Crippen LogP contribution >= 0.6 is 0 Å². The third-order valence-electron chi connectivity index (χ3n) is 1.04. The van der Waals surface area contributed by atoms with E-state index in [1.165, 1.54) is 0 Å². The summed E-state index contributed by atoms with van der Waals surface area (Å²) in [6, 6.07) is 0. The Bertz CT molecular complexity index is 190. The van der Waals surface area contributed by atoms with Crippen LogP contribution in [-0.4, -0.2) is 21.1 Å². The number of aromatic nitrogens is 3. The van der Waals surface area contributed by atoms with Gasteiger partial charge in [0.1, 0.15) is 12.7 Å². The van der Waals surface area contributed by atoms with Gasteiger partial charge < -0.3 is 0 Å². The largest absolute Gasteiger partial charge is 0.208 e. The molecule has 0 bridgehead atoms. The Morgan fingerprint density at radius 2 is 2.20 bits per heavy atom. The summed E-state index contributed by atoms with van der Waals surface area (Å²) in [6.45, 7) is 2.11. The Balaban J connectivity index is 2.40. The smallest absolute Gasteiger partial charge is 0.141 e. The van der Waals surface area contributed by atoms with E-state index in [1.807, 2.05) is 6.21 Å². The number of nitrogens with zero attached hydrogens (tertiary/aromatic N) is 4. The first-order valence-electron chi connectivity index (χ1n) is 3.31. The van der Waals surface area contributed by atoms with Crippen molar-refractivity contribution >= 4 is 6.21 Å². The molecule has 4 heteroatoms. The van der Waals surface area contributed by atoms with Gasteiger partial charge in [-0.05, 0) is 6.42 Å². The van der Waals surface area contributed by atoms with Crippen molar-refractivity contribution in [3.8, 4) is 0 Å². The fourth-order valence-corrected chi connectivity index (χ4v) is 0.536. The minimum atomic E-state index is 0.998. The van der Waals surface area contributed by atoms with E-state index in [1.54, 1.807) is 17.3 Å². The molecule has 0 aliphatic rings. The molecule has 1 heterocycles. The van der Waals surface area contributed by atoms with Crippen LogP contribution in [0.4, 0.5) is 0 Å². The van der Waals surface area contributed by atoms with Gasteiger partial charge in [0.25, 0.3) is 0 Å². The Morgan fingerprint density at radius 1 is 1.50 bits per heavy atom. The zero-order valence-corrected chi connectivity index (χ0v) is 5.94. The van der Waals surface area contributed by atoms with Gasteiger partial charge in [0.05, 0.1) is 0 Å². The summed E-state index contributed by atoms with van der Waals surface area (Å²) in [6.07, 6.45) is 7.09. The summed E-state index contributed by atoms with van der Waals surface area (Å²) in [5, 5.41) is 11.2. The normalized spacial score (nSPS) is 10.9. The molecule has 0 aliphatic heterocycles. The van der Waals surface area contributed by atoms with Gasteiger partial charge in [0.2, 0.25) is 0 Å². The van der Waals surface area contributed by atoms with Crippen molar-refractivity contribution in [3.63, 3.8) is 0 Å². The fraction of sp³-hybridized carbons (Fsp3) is 0.500. The molecular weight excluding hydrogens is 128 g/mol. The van der Waals surface area contributed by atoms with Crippen LogP contribution in [0.1, 0.15) is 19.8 Å². The van der Waals surface area contributed by atoms with Gasteiger partial charge in [0.15, 0.2) is 0 Å². The van der Waals surface area contributed by atoms with Gasteiger partial charge in [-0.3, -0.25) is 0 Å². The fourth-order valence-electron chi connectivity index (χ4n) is 0.536. The van der Waals surface area contributed by atoms with Crippen LogP contribution in [0.15, 0.2) is 17.8 Å². The van der Waals surface area contributed by atoms with E-state index >= 15 is 0 Å². The second-order valence-corrected chi connectivity index (χ2v) is 1.93. The molecule has 0 N–H and O–H groups in total. The van der Waals surface area contributed by atoms with Crippen molar-refractivity contribution in [1.29, 1.82) is 0 Å². The lowest BCUT2D eigenvalue weighted by atomic mass is 10.4. The molecule has 0 fully saturated rings. The second-order valence-electron chi connectivity index (χ2n) is 1.93. The third kappa shape index (κ3) is 1.97. The standard InChI is InChI=1S/C6H10N4/c1-2-3-4-9-10-5-7-8-6-10/h4-6H,2-3H2,1H3/b9-4+. The van der Waals surface area contributed by atoms with Gasteiger partial charge in [-0.1, -0.05) is 13.3 Å². The monoisotopic (exact) mass is 138 g/mol. The van der Waals surface area contributed by atoms with E-state index in [0.29, 0.717) is 0 Å². The molecule has 0 saturated heterocycles. The molecule has 1 aromatic heterocycles. The molecule has 10 heavy (non-hydrogen) atoms. The van der Waals surface area contributed by atoms with Crippen LogP contribution in [0.5, 0.6) is 0 Å². The first-order chi connectivity index (χ1) is 4.93. The minimum absolute atomic E-state index is 0.998. The molecule has 0 unspecified atom stereocenters. The first-order valence-corrected chi connectivity index (χ1v) is 3.31. The van der Waals surface area contributed by atoms with E-state index in [0.717, 1.165) is 12.8 Å². The van der Waals surface area contributed by atoms with Gasteiger partial charge in [-0.2, -0.15) is 5.10 Å². The topological polar surface area (TPSA) is 43.1 Å². The molecule has 0 atom stereocenters. The number of hydrogen-bond donors (Lipinski definition) is 0. The summed E-state index contributed by atoms with van der Waals surface area (Å²) < 4.78 is 1.58. The second kappa shape index (κ2) is 3.76. The highest BCUT2D eigenvalue weighted by atomic mass is 15.4. The highest BCUT2D eigenvalue weighted by Gasteiger charge is 1.80. The van der Waals surface area contributed by atoms with Gasteiger partial charge in [0, 0.05) is 6.21 Å². The lowest BCUT2D eigenvalue weighted by Gasteiger charge is -1.86. The van der Waals surface area contributed by atoms with E-state index in [2.05, 4.69) is 22.2 Å². The van der Waals surface area contributed by atoms with Crippen LogP contribution in [0.3, 0.4) is 0 Å². The maximum atomic E-state index is 4.02. The highest BCUT2D eigenvalue weighted by Crippen LogP contribution is 1.83. The molecule has 0 saturated carbocycles. The quantitative estimate of drug-likeness (QED) is 0.583.